The quantitative estimate of drug-likeness (QED) is 0.209. The number of benzene rings is 3. The van der Waals surface area contributed by atoms with E-state index in [1.165, 1.54) is 4.90 Å². The molecule has 6 nitrogen and oxygen atoms in total. The van der Waals surface area contributed by atoms with Crippen molar-refractivity contribution in [3.05, 3.63) is 102 Å². The molecular weight excluding hydrogens is 466 g/mol. The zero-order valence-corrected chi connectivity index (χ0v) is 20.0. The van der Waals surface area contributed by atoms with Crippen LogP contribution in [-0.4, -0.2) is 17.8 Å². The van der Waals surface area contributed by atoms with Crippen molar-refractivity contribution in [3.63, 3.8) is 0 Å². The lowest BCUT2D eigenvalue weighted by molar-refractivity contribution is -0.124. The van der Waals surface area contributed by atoms with Gasteiger partial charge < -0.3 is 9.47 Å². The van der Waals surface area contributed by atoms with Crippen LogP contribution in [0.5, 0.6) is 11.5 Å². The molecule has 1 heterocycles. The molecule has 2 amide bonds. The number of nitrogens with zero attached hydrogens (tertiary/aromatic N) is 1. The average molecular weight is 492 g/mol. The molecule has 0 radical (unpaired) electrons. The lowest BCUT2D eigenvalue weighted by Crippen LogP contribution is -2.40. The van der Waals surface area contributed by atoms with Gasteiger partial charge in [0, 0.05) is 0 Å². The van der Waals surface area contributed by atoms with Crippen LogP contribution in [0.4, 0.5) is 5.69 Å². The predicted molar refractivity (Wildman–Crippen MR) is 136 cm³/mol. The van der Waals surface area contributed by atoms with Gasteiger partial charge in [-0.05, 0) is 84.2 Å². The molecule has 4 aliphatic carbocycles. The molecule has 3 aromatic carbocycles. The van der Waals surface area contributed by atoms with Crippen LogP contribution in [0.25, 0.3) is 0 Å². The maximum absolute atomic E-state index is 13.3. The third kappa shape index (κ3) is 3.67. The summed E-state index contributed by atoms with van der Waals surface area (Å²) in [4.78, 5) is 40.6. The van der Waals surface area contributed by atoms with Crippen LogP contribution in [0.1, 0.15) is 22.3 Å². The molecule has 1 aliphatic heterocycles. The minimum atomic E-state index is -0.514. The Bertz CT molecular complexity index is 1380. The minimum absolute atomic E-state index is 0.107. The van der Waals surface area contributed by atoms with E-state index in [-0.39, 0.29) is 35.5 Å². The zero-order valence-electron chi connectivity index (χ0n) is 20.0. The molecule has 3 fully saturated rings. The topological polar surface area (TPSA) is 72.9 Å². The van der Waals surface area contributed by atoms with Gasteiger partial charge in [-0.3, -0.25) is 14.5 Å². The second-order valence-electron chi connectivity index (χ2n) is 10.3. The number of carbonyl (C=O) groups is 3. The van der Waals surface area contributed by atoms with Crippen LogP contribution in [0.15, 0.2) is 91.0 Å². The minimum Gasteiger partial charge on any atom is -0.489 e. The summed E-state index contributed by atoms with van der Waals surface area (Å²) in [5.74, 6) is 1.37. The van der Waals surface area contributed by atoms with Crippen molar-refractivity contribution in [3.8, 4) is 11.5 Å². The Morgan fingerprint density at radius 2 is 1.35 bits per heavy atom. The van der Waals surface area contributed by atoms with Crippen molar-refractivity contribution < 1.29 is 23.9 Å². The number of carbonyl (C=O) groups excluding carboxylic acids is 3. The summed E-state index contributed by atoms with van der Waals surface area (Å²) in [6.07, 6.45) is 5.46. The average Bonchev–Trinajstić information content (AvgIpc) is 3.72. The van der Waals surface area contributed by atoms with Crippen molar-refractivity contribution in [2.24, 2.45) is 35.5 Å². The van der Waals surface area contributed by atoms with Crippen LogP contribution in [0, 0.1) is 35.5 Å². The van der Waals surface area contributed by atoms with E-state index in [1.54, 1.807) is 48.5 Å². The zero-order chi connectivity index (χ0) is 25.1. The SMILES string of the molecule is O=C(Oc1ccc(OCc2ccccc2)cc1)c1ccc(N2C(=O)[C@@H]3[C@H]4C=C[C@@H]([C@@H]5C[C@H]45)[C@H]3C2=O)cc1. The van der Waals surface area contributed by atoms with Crippen LogP contribution in [0.2, 0.25) is 0 Å². The number of hydrogen-bond acceptors (Lipinski definition) is 5. The maximum atomic E-state index is 13.3. The molecule has 0 aromatic heterocycles. The van der Waals surface area contributed by atoms with E-state index < -0.39 is 5.97 Å². The first-order valence-corrected chi connectivity index (χ1v) is 12.7. The highest BCUT2D eigenvalue weighted by Gasteiger charge is 2.67. The van der Waals surface area contributed by atoms with Crippen LogP contribution in [-0.2, 0) is 16.2 Å². The third-order valence-corrected chi connectivity index (χ3v) is 8.31. The molecule has 6 heteroatoms. The third-order valence-electron chi connectivity index (χ3n) is 8.31. The molecular formula is C31H25NO5. The monoisotopic (exact) mass is 491 g/mol. The first-order chi connectivity index (χ1) is 18.1. The second kappa shape index (κ2) is 8.44. The van der Waals surface area contributed by atoms with E-state index in [9.17, 15) is 14.4 Å². The number of esters is 1. The fourth-order valence-electron chi connectivity index (χ4n) is 6.47. The Morgan fingerprint density at radius 3 is 1.97 bits per heavy atom. The Balaban J connectivity index is 1.00. The number of ether oxygens (including phenoxy) is 2. The largest absolute Gasteiger partial charge is 0.489 e. The van der Waals surface area contributed by atoms with Crippen molar-refractivity contribution in [2.45, 2.75) is 13.0 Å². The number of amides is 2. The summed E-state index contributed by atoms with van der Waals surface area (Å²) in [7, 11) is 0. The van der Waals surface area contributed by atoms with E-state index in [4.69, 9.17) is 9.47 Å². The maximum Gasteiger partial charge on any atom is 0.343 e. The Hall–Kier alpha value is -4.19. The van der Waals surface area contributed by atoms with Crippen molar-refractivity contribution in [1.82, 2.24) is 0 Å². The van der Waals surface area contributed by atoms with Gasteiger partial charge in [-0.1, -0.05) is 42.5 Å². The lowest BCUT2D eigenvalue weighted by atomic mass is 9.63. The van der Waals surface area contributed by atoms with Gasteiger partial charge in [0.2, 0.25) is 11.8 Å². The van der Waals surface area contributed by atoms with E-state index in [0.717, 1.165) is 12.0 Å². The highest BCUT2D eigenvalue weighted by Crippen LogP contribution is 2.65. The number of allylic oxidation sites excluding steroid dienone is 2. The smallest absolute Gasteiger partial charge is 0.343 e. The van der Waals surface area contributed by atoms with Crippen LogP contribution in [0.3, 0.4) is 0 Å². The molecule has 5 aliphatic rings. The number of rotatable bonds is 6. The second-order valence-corrected chi connectivity index (χ2v) is 10.3. The molecule has 2 bridgehead atoms. The fourth-order valence-corrected chi connectivity index (χ4v) is 6.47. The Labute approximate surface area is 214 Å². The summed E-state index contributed by atoms with van der Waals surface area (Å²) >= 11 is 0. The van der Waals surface area contributed by atoms with Gasteiger partial charge in [0.15, 0.2) is 0 Å². The van der Waals surface area contributed by atoms with Gasteiger partial charge in [0.1, 0.15) is 18.1 Å². The molecule has 2 saturated carbocycles. The van der Waals surface area contributed by atoms with Gasteiger partial charge in [0.05, 0.1) is 23.1 Å². The summed E-state index contributed by atoms with van der Waals surface area (Å²) < 4.78 is 11.3. The first-order valence-electron chi connectivity index (χ1n) is 12.7. The molecule has 37 heavy (non-hydrogen) atoms. The van der Waals surface area contributed by atoms with Crippen molar-refractivity contribution >= 4 is 23.5 Å². The Morgan fingerprint density at radius 1 is 0.757 bits per heavy atom. The fraction of sp³-hybridized carbons (Fsp3) is 0.258. The standard InChI is InChI=1S/C31H25NO5/c33-29-27-23-14-15-24(26-16-25(23)26)28(27)30(34)32(29)20-8-6-19(7-9-20)31(35)37-22-12-10-21(11-13-22)36-17-18-4-2-1-3-5-18/h1-15,23-28H,16-17H2/t23-,24-,25-,26+,27+,28+/m0/s1. The Kier molecular flexibility index (Phi) is 5.03. The molecule has 8 rings (SSSR count). The molecule has 1 saturated heterocycles. The van der Waals surface area contributed by atoms with E-state index in [1.807, 2.05) is 30.3 Å². The van der Waals surface area contributed by atoms with Crippen LogP contribution < -0.4 is 14.4 Å². The first kappa shape index (κ1) is 22.0. The summed E-state index contributed by atoms with van der Waals surface area (Å²) in [5.41, 5.74) is 1.92. The summed E-state index contributed by atoms with van der Waals surface area (Å²) in [5, 5.41) is 0. The highest BCUT2D eigenvalue weighted by molar-refractivity contribution is 6.22. The lowest BCUT2D eigenvalue weighted by Gasteiger charge is -2.37. The van der Waals surface area contributed by atoms with Gasteiger partial charge in [0.25, 0.3) is 0 Å². The van der Waals surface area contributed by atoms with Gasteiger partial charge in [-0.25, -0.2) is 4.79 Å². The van der Waals surface area contributed by atoms with Crippen molar-refractivity contribution in [2.75, 3.05) is 4.90 Å². The summed E-state index contributed by atoms with van der Waals surface area (Å²) in [6, 6.07) is 23.2. The highest BCUT2D eigenvalue weighted by atomic mass is 16.5. The molecule has 184 valence electrons. The molecule has 3 aromatic rings. The van der Waals surface area contributed by atoms with Crippen LogP contribution >= 0.6 is 0 Å². The number of hydrogen-bond donors (Lipinski definition) is 0. The van der Waals surface area contributed by atoms with E-state index >= 15 is 0 Å². The number of imide groups is 1. The van der Waals surface area contributed by atoms with Gasteiger partial charge in [-0.15, -0.1) is 0 Å². The van der Waals surface area contributed by atoms with Gasteiger partial charge >= 0.3 is 5.97 Å². The molecule has 0 spiro atoms. The van der Waals surface area contributed by atoms with E-state index in [0.29, 0.717) is 41.2 Å². The van der Waals surface area contributed by atoms with Crippen molar-refractivity contribution in [1.29, 1.82) is 0 Å². The normalized spacial score (nSPS) is 28.6. The number of anilines is 1. The summed E-state index contributed by atoms with van der Waals surface area (Å²) in [6.45, 7) is 0.453. The molecule has 0 N–H and O–H groups in total. The van der Waals surface area contributed by atoms with Gasteiger partial charge in [-0.2, -0.15) is 0 Å². The predicted octanol–water partition coefficient (Wildman–Crippen LogP) is 5.04. The van der Waals surface area contributed by atoms with E-state index in [2.05, 4.69) is 12.2 Å². The molecule has 0 unspecified atom stereocenters. The molecule has 6 atom stereocenters.